The van der Waals surface area contributed by atoms with Gasteiger partial charge in [0.15, 0.2) is 0 Å². The number of hydrogen-bond acceptors (Lipinski definition) is 3. The van der Waals surface area contributed by atoms with Crippen molar-refractivity contribution < 1.29 is 9.53 Å². The first-order valence-electron chi connectivity index (χ1n) is 6.34. The molecule has 0 saturated carbocycles. The van der Waals surface area contributed by atoms with Crippen LogP contribution in [0, 0.1) is 5.92 Å². The molecule has 1 rings (SSSR count). The lowest BCUT2D eigenvalue weighted by molar-refractivity contribution is -0.144. The Bertz CT molecular complexity index is 233. The molecule has 1 heterocycles. The summed E-state index contributed by atoms with van der Waals surface area (Å²) >= 11 is 0. The standard InChI is InChI=1S/C13H25NO2/c1-5-8-16-12(15)9-11-6-7-14(10-11)13(2,3)4/h11H,5-10H2,1-4H3/t11-/m0/s1. The molecule has 0 amide bonds. The average Bonchev–Trinajstić information content (AvgIpc) is 2.62. The van der Waals surface area contributed by atoms with E-state index in [-0.39, 0.29) is 11.5 Å². The summed E-state index contributed by atoms with van der Waals surface area (Å²) in [6.07, 6.45) is 2.62. The third-order valence-electron chi connectivity index (χ3n) is 3.16. The zero-order valence-corrected chi connectivity index (χ0v) is 11.1. The zero-order chi connectivity index (χ0) is 12.2. The van der Waals surface area contributed by atoms with Crippen LogP contribution in [0.2, 0.25) is 0 Å². The molecule has 0 N–H and O–H groups in total. The molecule has 1 atom stereocenters. The van der Waals surface area contributed by atoms with E-state index in [0.717, 1.165) is 25.9 Å². The maximum Gasteiger partial charge on any atom is 0.306 e. The molecule has 0 aliphatic carbocycles. The number of ether oxygens (including phenoxy) is 1. The predicted octanol–water partition coefficient (Wildman–Crippen LogP) is 2.45. The summed E-state index contributed by atoms with van der Waals surface area (Å²) in [4.78, 5) is 13.9. The lowest BCUT2D eigenvalue weighted by Crippen LogP contribution is -2.39. The van der Waals surface area contributed by atoms with Gasteiger partial charge >= 0.3 is 5.97 Å². The van der Waals surface area contributed by atoms with Gasteiger partial charge in [-0.2, -0.15) is 0 Å². The molecule has 1 aliphatic rings. The van der Waals surface area contributed by atoms with Gasteiger partial charge in [-0.05, 0) is 46.1 Å². The van der Waals surface area contributed by atoms with Crippen molar-refractivity contribution in [2.45, 2.75) is 52.5 Å². The van der Waals surface area contributed by atoms with E-state index in [9.17, 15) is 4.79 Å². The van der Waals surface area contributed by atoms with Crippen molar-refractivity contribution >= 4 is 5.97 Å². The lowest BCUT2D eigenvalue weighted by Gasteiger charge is -2.31. The van der Waals surface area contributed by atoms with E-state index in [0.29, 0.717) is 18.9 Å². The fourth-order valence-corrected chi connectivity index (χ4v) is 2.12. The van der Waals surface area contributed by atoms with Crippen molar-refractivity contribution in [2.75, 3.05) is 19.7 Å². The largest absolute Gasteiger partial charge is 0.466 e. The van der Waals surface area contributed by atoms with E-state index in [4.69, 9.17) is 4.74 Å². The molecule has 1 saturated heterocycles. The second-order valence-corrected chi connectivity index (χ2v) is 5.70. The topological polar surface area (TPSA) is 29.5 Å². The maximum atomic E-state index is 11.5. The van der Waals surface area contributed by atoms with Crippen molar-refractivity contribution in [1.29, 1.82) is 0 Å². The van der Waals surface area contributed by atoms with Gasteiger partial charge in [0.25, 0.3) is 0 Å². The highest BCUT2D eigenvalue weighted by molar-refractivity contribution is 5.69. The van der Waals surface area contributed by atoms with Crippen LogP contribution in [0.1, 0.15) is 47.0 Å². The van der Waals surface area contributed by atoms with E-state index in [1.807, 2.05) is 6.92 Å². The third kappa shape index (κ3) is 4.12. The minimum Gasteiger partial charge on any atom is -0.466 e. The molecule has 0 unspecified atom stereocenters. The van der Waals surface area contributed by atoms with Gasteiger partial charge in [0.05, 0.1) is 6.61 Å². The minimum absolute atomic E-state index is 0.0254. The number of hydrogen-bond donors (Lipinski definition) is 0. The van der Waals surface area contributed by atoms with Crippen molar-refractivity contribution in [3.63, 3.8) is 0 Å². The number of rotatable bonds is 4. The molecule has 3 nitrogen and oxygen atoms in total. The van der Waals surface area contributed by atoms with Crippen molar-refractivity contribution in [1.82, 2.24) is 4.90 Å². The van der Waals surface area contributed by atoms with Crippen LogP contribution >= 0.6 is 0 Å². The van der Waals surface area contributed by atoms with Crippen LogP contribution < -0.4 is 0 Å². The highest BCUT2D eigenvalue weighted by Gasteiger charge is 2.31. The van der Waals surface area contributed by atoms with Crippen molar-refractivity contribution in [2.24, 2.45) is 5.92 Å². The summed E-state index contributed by atoms with van der Waals surface area (Å²) < 4.78 is 5.12. The summed E-state index contributed by atoms with van der Waals surface area (Å²) in [6.45, 7) is 11.4. The first-order valence-corrected chi connectivity index (χ1v) is 6.34. The van der Waals surface area contributed by atoms with Crippen LogP contribution in [-0.4, -0.2) is 36.1 Å². The monoisotopic (exact) mass is 227 g/mol. The van der Waals surface area contributed by atoms with Crippen LogP contribution in [0.25, 0.3) is 0 Å². The summed E-state index contributed by atoms with van der Waals surface area (Å²) in [5.41, 5.74) is 0.224. The molecule has 0 radical (unpaired) electrons. The summed E-state index contributed by atoms with van der Waals surface area (Å²) in [5, 5.41) is 0. The Morgan fingerprint density at radius 1 is 1.44 bits per heavy atom. The van der Waals surface area contributed by atoms with Gasteiger partial charge in [0.1, 0.15) is 0 Å². The highest BCUT2D eigenvalue weighted by atomic mass is 16.5. The quantitative estimate of drug-likeness (QED) is 0.691. The molecular weight excluding hydrogens is 202 g/mol. The number of likely N-dealkylation sites (tertiary alicyclic amines) is 1. The molecule has 0 aromatic rings. The molecule has 0 aromatic heterocycles. The number of esters is 1. The molecular formula is C13H25NO2. The molecule has 0 spiro atoms. The second kappa shape index (κ2) is 5.67. The Hall–Kier alpha value is -0.570. The molecule has 0 bridgehead atoms. The van der Waals surface area contributed by atoms with E-state index in [1.165, 1.54) is 0 Å². The Kier molecular flexibility index (Phi) is 4.78. The Morgan fingerprint density at radius 3 is 2.62 bits per heavy atom. The lowest BCUT2D eigenvalue weighted by atomic mass is 10.0. The van der Waals surface area contributed by atoms with Gasteiger partial charge in [-0.25, -0.2) is 0 Å². The third-order valence-corrected chi connectivity index (χ3v) is 3.16. The van der Waals surface area contributed by atoms with E-state index < -0.39 is 0 Å². The summed E-state index contributed by atoms with van der Waals surface area (Å²) in [6, 6.07) is 0. The average molecular weight is 227 g/mol. The van der Waals surface area contributed by atoms with Crippen LogP contribution in [0.4, 0.5) is 0 Å². The van der Waals surface area contributed by atoms with E-state index >= 15 is 0 Å². The molecule has 3 heteroatoms. The fraction of sp³-hybridized carbons (Fsp3) is 0.923. The first-order chi connectivity index (χ1) is 7.43. The van der Waals surface area contributed by atoms with Gasteiger partial charge in [-0.1, -0.05) is 6.92 Å². The van der Waals surface area contributed by atoms with E-state index in [2.05, 4.69) is 25.7 Å². The van der Waals surface area contributed by atoms with Gasteiger partial charge in [-0.3, -0.25) is 9.69 Å². The second-order valence-electron chi connectivity index (χ2n) is 5.70. The smallest absolute Gasteiger partial charge is 0.306 e. The summed E-state index contributed by atoms with van der Waals surface area (Å²) in [7, 11) is 0. The van der Waals surface area contributed by atoms with Crippen molar-refractivity contribution in [3.8, 4) is 0 Å². The normalized spacial score (nSPS) is 22.4. The molecule has 0 aromatic carbocycles. The molecule has 94 valence electrons. The molecule has 16 heavy (non-hydrogen) atoms. The van der Waals surface area contributed by atoms with Crippen LogP contribution in [0.5, 0.6) is 0 Å². The van der Waals surface area contributed by atoms with Gasteiger partial charge in [0, 0.05) is 18.5 Å². The molecule has 1 fully saturated rings. The maximum absolute atomic E-state index is 11.5. The van der Waals surface area contributed by atoms with Gasteiger partial charge < -0.3 is 4.74 Å². The zero-order valence-electron chi connectivity index (χ0n) is 11.1. The van der Waals surface area contributed by atoms with Crippen LogP contribution in [0.15, 0.2) is 0 Å². The number of carbonyl (C=O) groups excluding carboxylic acids is 1. The predicted molar refractivity (Wildman–Crippen MR) is 65.3 cm³/mol. The fourth-order valence-electron chi connectivity index (χ4n) is 2.12. The Balaban J connectivity index is 2.29. The van der Waals surface area contributed by atoms with E-state index in [1.54, 1.807) is 0 Å². The van der Waals surface area contributed by atoms with Crippen molar-refractivity contribution in [3.05, 3.63) is 0 Å². The van der Waals surface area contributed by atoms with Crippen LogP contribution in [-0.2, 0) is 9.53 Å². The summed E-state index contributed by atoms with van der Waals surface area (Å²) in [5.74, 6) is 0.464. The first kappa shape index (κ1) is 13.5. The Labute approximate surface area is 99.1 Å². The van der Waals surface area contributed by atoms with Gasteiger partial charge in [-0.15, -0.1) is 0 Å². The van der Waals surface area contributed by atoms with Gasteiger partial charge in [0.2, 0.25) is 0 Å². The number of nitrogens with zero attached hydrogens (tertiary/aromatic N) is 1. The SMILES string of the molecule is CCCOC(=O)C[C@@H]1CCN(C(C)(C)C)C1. The van der Waals surface area contributed by atoms with Crippen LogP contribution in [0.3, 0.4) is 0 Å². The molecule has 1 aliphatic heterocycles. The Morgan fingerprint density at radius 2 is 2.12 bits per heavy atom. The highest BCUT2D eigenvalue weighted by Crippen LogP contribution is 2.26. The number of carbonyl (C=O) groups is 1. The minimum atomic E-state index is -0.0254.